The maximum absolute atomic E-state index is 14.1. The van der Waals surface area contributed by atoms with E-state index in [1.807, 2.05) is 24.0 Å². The first-order valence-corrected chi connectivity index (χ1v) is 19.2. The lowest BCUT2D eigenvalue weighted by Crippen LogP contribution is -2.61. The number of piperidine rings is 2. The van der Waals surface area contributed by atoms with Crippen LogP contribution in [0.2, 0.25) is 0 Å². The van der Waals surface area contributed by atoms with Gasteiger partial charge in [0.15, 0.2) is 12.4 Å². The maximum Gasteiger partial charge on any atom is 0.422 e. The number of H-pyrrole nitrogens is 1. The number of fused-ring (bicyclic) bond motifs is 2. The average molecular weight is 729 g/mol. The van der Waals surface area contributed by atoms with Crippen molar-refractivity contribution in [2.45, 2.75) is 70.5 Å². The first-order valence-electron chi connectivity index (χ1n) is 19.2. The second-order valence-electron chi connectivity index (χ2n) is 16.3. The van der Waals surface area contributed by atoms with E-state index in [0.29, 0.717) is 23.1 Å². The predicted molar refractivity (Wildman–Crippen MR) is 200 cm³/mol. The van der Waals surface area contributed by atoms with E-state index < -0.39 is 12.8 Å². The summed E-state index contributed by atoms with van der Waals surface area (Å²) >= 11 is 0. The lowest BCUT2D eigenvalue weighted by molar-refractivity contribution is -0.153. The monoisotopic (exact) mass is 728 g/mol. The number of halogens is 3. The summed E-state index contributed by atoms with van der Waals surface area (Å²) in [6.45, 7) is 13.2. The van der Waals surface area contributed by atoms with Crippen molar-refractivity contribution in [1.29, 1.82) is 0 Å². The van der Waals surface area contributed by atoms with Gasteiger partial charge in [0.2, 0.25) is 11.9 Å². The van der Waals surface area contributed by atoms with Crippen molar-refractivity contribution in [2.24, 2.45) is 11.3 Å². The second-order valence-corrected chi connectivity index (χ2v) is 16.3. The Balaban J connectivity index is 1.18. The Labute approximate surface area is 307 Å². The van der Waals surface area contributed by atoms with Gasteiger partial charge in [0.25, 0.3) is 0 Å². The van der Waals surface area contributed by atoms with Gasteiger partial charge in [0.1, 0.15) is 11.3 Å². The normalized spacial score (nSPS) is 21.3. The molecule has 5 aliphatic rings. The fourth-order valence-electron chi connectivity index (χ4n) is 9.37. The van der Waals surface area contributed by atoms with Crippen LogP contribution in [0.4, 0.5) is 24.9 Å². The van der Waals surface area contributed by atoms with Gasteiger partial charge in [-0.25, -0.2) is 4.98 Å². The highest BCUT2D eigenvalue weighted by Crippen LogP contribution is 2.53. The summed E-state index contributed by atoms with van der Waals surface area (Å²) in [5.41, 5.74) is 4.69. The van der Waals surface area contributed by atoms with E-state index in [9.17, 15) is 18.0 Å². The first-order chi connectivity index (χ1) is 25.5. The van der Waals surface area contributed by atoms with Gasteiger partial charge >= 0.3 is 6.18 Å². The number of carbonyl (C=O) groups is 1. The van der Waals surface area contributed by atoms with Crippen LogP contribution in [-0.4, -0.2) is 107 Å². The number of nitrogens with one attached hydrogen (secondary N) is 1. The number of aromatic amines is 1. The van der Waals surface area contributed by atoms with Gasteiger partial charge in [-0.1, -0.05) is 19.6 Å². The number of ether oxygens (including phenoxy) is 1. The molecule has 5 fully saturated rings. The molecule has 1 N–H and O–H groups in total. The van der Waals surface area contributed by atoms with Gasteiger partial charge in [0, 0.05) is 80.2 Å². The number of benzene rings is 2. The van der Waals surface area contributed by atoms with Crippen LogP contribution in [0.5, 0.6) is 5.75 Å². The largest absolute Gasteiger partial charge is 0.481 e. The van der Waals surface area contributed by atoms with Crippen molar-refractivity contribution < 1.29 is 22.7 Å². The van der Waals surface area contributed by atoms with E-state index in [1.165, 1.54) is 6.08 Å². The summed E-state index contributed by atoms with van der Waals surface area (Å²) in [6.07, 6.45) is 4.23. The molecule has 4 saturated heterocycles. The van der Waals surface area contributed by atoms with Crippen LogP contribution in [-0.2, 0) is 4.79 Å². The fraction of sp³-hybridized carbons (Fsp3) is 0.550. The molecule has 280 valence electrons. The van der Waals surface area contributed by atoms with Crippen LogP contribution in [0.3, 0.4) is 0 Å². The molecule has 6 heterocycles. The average Bonchev–Trinajstić information content (AvgIpc) is 3.86. The van der Waals surface area contributed by atoms with E-state index in [4.69, 9.17) is 14.7 Å². The van der Waals surface area contributed by atoms with Gasteiger partial charge in [-0.05, 0) is 92.2 Å². The summed E-state index contributed by atoms with van der Waals surface area (Å²) < 4.78 is 48.4. The number of aryl methyl sites for hydroxylation is 1. The highest BCUT2D eigenvalue weighted by molar-refractivity contribution is 6.06. The minimum absolute atomic E-state index is 0.0342. The third-order valence-corrected chi connectivity index (χ3v) is 12.4. The van der Waals surface area contributed by atoms with Crippen molar-refractivity contribution in [3.63, 3.8) is 0 Å². The molecule has 0 bridgehead atoms. The minimum Gasteiger partial charge on any atom is -0.481 e. The third kappa shape index (κ3) is 6.28. The zero-order valence-corrected chi connectivity index (χ0v) is 30.5. The molecule has 0 unspecified atom stereocenters. The van der Waals surface area contributed by atoms with Crippen molar-refractivity contribution >= 4 is 39.5 Å². The number of aromatic nitrogens is 4. The molecule has 1 saturated carbocycles. The minimum atomic E-state index is -4.55. The quantitative estimate of drug-likeness (QED) is 0.198. The highest BCUT2D eigenvalue weighted by Gasteiger charge is 2.47. The highest BCUT2D eigenvalue weighted by atomic mass is 19.4. The molecule has 53 heavy (non-hydrogen) atoms. The Bertz CT molecular complexity index is 2060. The van der Waals surface area contributed by atoms with Crippen LogP contribution in [0.25, 0.3) is 32.9 Å². The summed E-state index contributed by atoms with van der Waals surface area (Å²) in [5.74, 6) is 2.34. The predicted octanol–water partition coefficient (Wildman–Crippen LogP) is 6.84. The zero-order valence-electron chi connectivity index (χ0n) is 30.5. The summed E-state index contributed by atoms with van der Waals surface area (Å²) in [6, 6.07) is 6.61. The lowest BCUT2D eigenvalue weighted by atomic mass is 9.72. The second kappa shape index (κ2) is 12.9. The van der Waals surface area contributed by atoms with Gasteiger partial charge in [-0.2, -0.15) is 23.3 Å². The van der Waals surface area contributed by atoms with Gasteiger partial charge in [-0.3, -0.25) is 14.8 Å². The number of carbonyl (C=O) groups excluding carboxylic acids is 1. The molecule has 0 atom stereocenters. The van der Waals surface area contributed by atoms with Crippen LogP contribution < -0.4 is 14.5 Å². The molecule has 9 rings (SSSR count). The molecular formula is C40H47F3N8O2. The molecular weight excluding hydrogens is 681 g/mol. The number of hydrogen-bond acceptors (Lipinski definition) is 8. The third-order valence-electron chi connectivity index (χ3n) is 12.4. The Kier molecular flexibility index (Phi) is 8.36. The number of amides is 1. The van der Waals surface area contributed by atoms with E-state index in [2.05, 4.69) is 44.5 Å². The van der Waals surface area contributed by atoms with Crippen LogP contribution in [0.1, 0.15) is 62.5 Å². The zero-order chi connectivity index (χ0) is 36.6. The van der Waals surface area contributed by atoms with Crippen LogP contribution in [0, 0.1) is 18.3 Å². The van der Waals surface area contributed by atoms with E-state index >= 15 is 0 Å². The SMILES string of the molecule is C=CC(=O)N1CC2(CCN(c3nc(N4CCC(N5CC(C)C5)CC4)nc4c(OCC(F)(F)F)c(-c5c(C)ccc6[nH]ncc56)c(C5CC5)cc34)CC2)C1. The summed E-state index contributed by atoms with van der Waals surface area (Å²) in [7, 11) is 0. The Morgan fingerprint density at radius 3 is 2.42 bits per heavy atom. The van der Waals surface area contributed by atoms with Gasteiger partial charge in [0.05, 0.1) is 11.7 Å². The fourth-order valence-corrected chi connectivity index (χ4v) is 9.37. The topological polar surface area (TPSA) is 93.7 Å². The van der Waals surface area contributed by atoms with Gasteiger partial charge in [-0.15, -0.1) is 0 Å². The van der Waals surface area contributed by atoms with Crippen molar-refractivity contribution in [1.82, 2.24) is 30.0 Å². The first kappa shape index (κ1) is 34.4. The maximum atomic E-state index is 14.1. The van der Waals surface area contributed by atoms with Crippen LogP contribution in [0.15, 0.2) is 37.1 Å². The molecule has 4 aromatic rings. The number of alkyl halides is 3. The standard InChI is InChI=1S/C40H47F3N8O2/c1-4-32(52)51-21-39(22-51)11-15-48(16-12-39)37-29-17-28(26-6-7-26)34(33-25(3)5-8-31-30(33)18-44-47-31)36(53-23-40(41,42)43)35(29)45-38(46-37)49-13-9-27(10-14-49)50-19-24(2)20-50/h4-5,8,17-18,24,26-27H,1,6-7,9-16,19-23H2,2-3H3,(H,44,47). The molecule has 1 aliphatic carbocycles. The van der Waals surface area contributed by atoms with Crippen molar-refractivity contribution in [3.8, 4) is 16.9 Å². The number of rotatable bonds is 8. The molecule has 4 aliphatic heterocycles. The lowest BCUT2D eigenvalue weighted by Gasteiger charge is -2.54. The molecule has 2 aromatic heterocycles. The van der Waals surface area contributed by atoms with Crippen LogP contribution >= 0.6 is 0 Å². The van der Waals surface area contributed by atoms with E-state index in [1.54, 1.807) is 6.20 Å². The number of anilines is 2. The number of hydrogen-bond donors (Lipinski definition) is 1. The summed E-state index contributed by atoms with van der Waals surface area (Å²) in [4.78, 5) is 31.7. The van der Waals surface area contributed by atoms with E-state index in [0.717, 1.165) is 136 Å². The van der Waals surface area contributed by atoms with Crippen molar-refractivity contribution in [2.75, 3.05) is 68.8 Å². The molecule has 0 radical (unpaired) electrons. The molecule has 1 spiro atoms. The molecule has 10 nitrogen and oxygen atoms in total. The number of likely N-dealkylation sites (tertiary alicyclic amines) is 2. The molecule has 2 aromatic carbocycles. The van der Waals surface area contributed by atoms with Crippen molar-refractivity contribution in [3.05, 3.63) is 48.2 Å². The van der Waals surface area contributed by atoms with Gasteiger partial charge < -0.3 is 19.4 Å². The molecule has 1 amide bonds. The molecule has 13 heteroatoms. The Morgan fingerprint density at radius 1 is 1.02 bits per heavy atom. The summed E-state index contributed by atoms with van der Waals surface area (Å²) in [5, 5.41) is 8.92. The Morgan fingerprint density at radius 2 is 1.75 bits per heavy atom. The van der Waals surface area contributed by atoms with E-state index in [-0.39, 0.29) is 23.0 Å². The smallest absolute Gasteiger partial charge is 0.422 e. The Hall–Kier alpha value is -4.39. The number of nitrogens with zero attached hydrogens (tertiary/aromatic N) is 7.